The Kier molecular flexibility index (Phi) is 4.80. The predicted molar refractivity (Wildman–Crippen MR) is 90.6 cm³/mol. The van der Waals surface area contributed by atoms with Crippen molar-refractivity contribution < 1.29 is 4.21 Å². The van der Waals surface area contributed by atoms with Crippen LogP contribution in [0.25, 0.3) is 5.69 Å². The number of nitrogens with zero attached hydrogens (tertiary/aromatic N) is 3. The van der Waals surface area contributed by atoms with E-state index in [2.05, 4.69) is 17.0 Å². The Balaban J connectivity index is 1.61. The molecule has 0 amide bonds. The van der Waals surface area contributed by atoms with E-state index >= 15 is 0 Å². The second-order valence-corrected chi connectivity index (χ2v) is 7.33. The molecule has 0 saturated heterocycles. The van der Waals surface area contributed by atoms with Crippen molar-refractivity contribution >= 4 is 22.1 Å². The Morgan fingerprint density at radius 3 is 2.68 bits per heavy atom. The molecule has 0 bridgehead atoms. The van der Waals surface area contributed by atoms with Crippen molar-refractivity contribution in [1.29, 1.82) is 0 Å². The summed E-state index contributed by atoms with van der Waals surface area (Å²) in [5.74, 6) is 1.08. The standard InChI is InChI=1S/C16H17N3OS2/c1-2-16-18-14(10-21-16)12-22(20)11-13-4-6-15(7-5-13)19-9-3-8-17-19/h3-10H,2,11-12H2,1H3. The van der Waals surface area contributed by atoms with E-state index in [1.54, 1.807) is 17.5 Å². The molecule has 2 heterocycles. The zero-order valence-electron chi connectivity index (χ0n) is 12.3. The van der Waals surface area contributed by atoms with Gasteiger partial charge in [-0.25, -0.2) is 9.67 Å². The van der Waals surface area contributed by atoms with Gasteiger partial charge < -0.3 is 0 Å². The number of thiazole rings is 1. The number of rotatable bonds is 6. The fourth-order valence-corrected chi connectivity index (χ4v) is 4.14. The molecule has 0 aliphatic heterocycles. The van der Waals surface area contributed by atoms with E-state index in [-0.39, 0.29) is 0 Å². The summed E-state index contributed by atoms with van der Waals surface area (Å²) in [4.78, 5) is 4.47. The predicted octanol–water partition coefficient (Wildman–Crippen LogP) is 3.34. The van der Waals surface area contributed by atoms with E-state index in [1.807, 2.05) is 46.6 Å². The molecule has 0 saturated carbocycles. The highest BCUT2D eigenvalue weighted by molar-refractivity contribution is 7.83. The third-order valence-corrected chi connectivity index (χ3v) is 5.56. The van der Waals surface area contributed by atoms with Crippen LogP contribution in [0.15, 0.2) is 48.1 Å². The number of aryl methyl sites for hydroxylation is 1. The van der Waals surface area contributed by atoms with Crippen molar-refractivity contribution in [3.05, 3.63) is 64.4 Å². The maximum absolute atomic E-state index is 12.3. The molecule has 0 N–H and O–H groups in total. The van der Waals surface area contributed by atoms with Crippen LogP contribution in [-0.2, 0) is 28.7 Å². The molecule has 0 radical (unpaired) electrons. The summed E-state index contributed by atoms with van der Waals surface area (Å²) in [6, 6.07) is 9.90. The third kappa shape index (κ3) is 3.69. The average molecular weight is 331 g/mol. The first kappa shape index (κ1) is 15.1. The normalized spacial score (nSPS) is 12.4. The fourth-order valence-electron chi connectivity index (χ4n) is 2.15. The zero-order valence-corrected chi connectivity index (χ0v) is 13.9. The quantitative estimate of drug-likeness (QED) is 0.696. The summed E-state index contributed by atoms with van der Waals surface area (Å²) in [6.07, 6.45) is 4.59. The lowest BCUT2D eigenvalue weighted by molar-refractivity contribution is 0.681. The number of aromatic nitrogens is 3. The largest absolute Gasteiger partial charge is 0.259 e. The zero-order chi connectivity index (χ0) is 15.4. The van der Waals surface area contributed by atoms with Crippen LogP contribution in [0.1, 0.15) is 23.2 Å². The summed E-state index contributed by atoms with van der Waals surface area (Å²) < 4.78 is 14.1. The first-order valence-corrected chi connectivity index (χ1v) is 9.48. The van der Waals surface area contributed by atoms with Gasteiger partial charge in [-0.2, -0.15) is 5.10 Å². The summed E-state index contributed by atoms with van der Waals surface area (Å²) in [6.45, 7) is 2.08. The summed E-state index contributed by atoms with van der Waals surface area (Å²) in [5.41, 5.74) is 3.01. The van der Waals surface area contributed by atoms with Gasteiger partial charge in [-0.3, -0.25) is 4.21 Å². The lowest BCUT2D eigenvalue weighted by Gasteiger charge is -2.04. The molecule has 2 aromatic heterocycles. The van der Waals surface area contributed by atoms with Crippen molar-refractivity contribution in [2.24, 2.45) is 0 Å². The van der Waals surface area contributed by atoms with Crippen LogP contribution < -0.4 is 0 Å². The molecule has 0 aliphatic carbocycles. The summed E-state index contributed by atoms with van der Waals surface area (Å²) >= 11 is 1.64. The minimum absolute atomic E-state index is 0.525. The van der Waals surface area contributed by atoms with Crippen LogP contribution >= 0.6 is 11.3 Å². The van der Waals surface area contributed by atoms with Crippen molar-refractivity contribution in [3.8, 4) is 5.69 Å². The van der Waals surface area contributed by atoms with Crippen LogP contribution in [0, 0.1) is 0 Å². The molecule has 4 nitrogen and oxygen atoms in total. The minimum atomic E-state index is -0.932. The van der Waals surface area contributed by atoms with Crippen LogP contribution in [0.3, 0.4) is 0 Å². The molecule has 1 aromatic carbocycles. The van der Waals surface area contributed by atoms with Crippen molar-refractivity contribution in [1.82, 2.24) is 14.8 Å². The summed E-state index contributed by atoms with van der Waals surface area (Å²) in [7, 11) is -0.932. The van der Waals surface area contributed by atoms with E-state index < -0.39 is 10.8 Å². The second kappa shape index (κ2) is 6.98. The van der Waals surface area contributed by atoms with Gasteiger partial charge in [0, 0.05) is 34.3 Å². The maximum Gasteiger partial charge on any atom is 0.0925 e. The van der Waals surface area contributed by atoms with Gasteiger partial charge in [-0.15, -0.1) is 11.3 Å². The SMILES string of the molecule is CCc1nc(CS(=O)Cc2ccc(-n3cccn3)cc2)cs1. The smallest absolute Gasteiger partial charge is 0.0925 e. The molecule has 0 spiro atoms. The Bertz CT molecular complexity index is 748. The third-order valence-electron chi connectivity index (χ3n) is 3.24. The molecule has 6 heteroatoms. The van der Waals surface area contributed by atoms with Gasteiger partial charge in [-0.05, 0) is 30.2 Å². The lowest BCUT2D eigenvalue weighted by Crippen LogP contribution is -2.01. The van der Waals surface area contributed by atoms with Crippen LogP contribution in [0.2, 0.25) is 0 Å². The first-order chi connectivity index (χ1) is 10.7. The van der Waals surface area contributed by atoms with E-state index in [0.29, 0.717) is 11.5 Å². The van der Waals surface area contributed by atoms with Gasteiger partial charge in [0.1, 0.15) is 0 Å². The molecule has 3 rings (SSSR count). The molecule has 1 atom stereocenters. The first-order valence-electron chi connectivity index (χ1n) is 7.12. The van der Waals surface area contributed by atoms with Gasteiger partial charge in [0.2, 0.25) is 0 Å². The molecular formula is C16H17N3OS2. The topological polar surface area (TPSA) is 47.8 Å². The highest BCUT2D eigenvalue weighted by Gasteiger charge is 2.07. The van der Waals surface area contributed by atoms with Gasteiger partial charge >= 0.3 is 0 Å². The van der Waals surface area contributed by atoms with Gasteiger partial charge in [0.05, 0.1) is 22.1 Å². The molecule has 3 aromatic rings. The van der Waals surface area contributed by atoms with Gasteiger partial charge in [0.15, 0.2) is 0 Å². The highest BCUT2D eigenvalue weighted by atomic mass is 32.2. The van der Waals surface area contributed by atoms with Crippen LogP contribution in [0.4, 0.5) is 0 Å². The molecule has 1 unspecified atom stereocenters. The van der Waals surface area contributed by atoms with Crippen molar-refractivity contribution in [3.63, 3.8) is 0 Å². The Hall–Kier alpha value is -1.79. The monoisotopic (exact) mass is 331 g/mol. The van der Waals surface area contributed by atoms with Crippen LogP contribution in [-0.4, -0.2) is 19.0 Å². The van der Waals surface area contributed by atoms with E-state index in [0.717, 1.165) is 28.4 Å². The molecule has 114 valence electrons. The average Bonchev–Trinajstić information content (AvgIpc) is 3.19. The molecule has 0 aliphatic rings. The number of hydrogen-bond acceptors (Lipinski definition) is 4. The fraction of sp³-hybridized carbons (Fsp3) is 0.250. The Morgan fingerprint density at radius 2 is 2.05 bits per heavy atom. The number of benzene rings is 1. The lowest BCUT2D eigenvalue weighted by atomic mass is 10.2. The Labute approximate surface area is 136 Å². The van der Waals surface area contributed by atoms with E-state index in [4.69, 9.17) is 0 Å². The van der Waals surface area contributed by atoms with Crippen molar-refractivity contribution in [2.45, 2.75) is 24.9 Å². The summed E-state index contributed by atoms with van der Waals surface area (Å²) in [5, 5.41) is 7.31. The van der Waals surface area contributed by atoms with E-state index in [9.17, 15) is 4.21 Å². The molecular weight excluding hydrogens is 314 g/mol. The molecule has 22 heavy (non-hydrogen) atoms. The maximum atomic E-state index is 12.3. The van der Waals surface area contributed by atoms with E-state index in [1.165, 1.54) is 0 Å². The van der Waals surface area contributed by atoms with Gasteiger partial charge in [-0.1, -0.05) is 19.1 Å². The Morgan fingerprint density at radius 1 is 1.23 bits per heavy atom. The van der Waals surface area contributed by atoms with Gasteiger partial charge in [0.25, 0.3) is 0 Å². The highest BCUT2D eigenvalue weighted by Crippen LogP contribution is 2.15. The number of hydrogen-bond donors (Lipinski definition) is 0. The minimum Gasteiger partial charge on any atom is -0.259 e. The molecule has 0 fully saturated rings. The van der Waals surface area contributed by atoms with Crippen LogP contribution in [0.5, 0.6) is 0 Å². The van der Waals surface area contributed by atoms with Crippen molar-refractivity contribution in [2.75, 3.05) is 0 Å². The second-order valence-electron chi connectivity index (χ2n) is 4.93.